The Morgan fingerprint density at radius 2 is 1.33 bits per heavy atom. The Labute approximate surface area is 127 Å². The van der Waals surface area contributed by atoms with E-state index in [4.69, 9.17) is 4.74 Å². The molecule has 0 fully saturated rings. The molecule has 2 rings (SSSR count). The molecule has 0 aliphatic heterocycles. The molecule has 0 aliphatic rings. The van der Waals surface area contributed by atoms with Gasteiger partial charge in [-0.1, -0.05) is 42.5 Å². The Bertz CT molecular complexity index is 563. The molecule has 2 aromatic rings. The van der Waals surface area contributed by atoms with Crippen LogP contribution in [-0.2, 0) is 6.42 Å². The molecular weight excluding hydrogens is 260 g/mol. The lowest BCUT2D eigenvalue weighted by molar-refractivity contribution is -0.0906. The van der Waals surface area contributed by atoms with Crippen LogP contribution < -0.4 is 4.74 Å². The zero-order chi connectivity index (χ0) is 15.5. The van der Waals surface area contributed by atoms with Crippen LogP contribution in [0.4, 0.5) is 0 Å². The average Bonchev–Trinajstić information content (AvgIpc) is 2.41. The summed E-state index contributed by atoms with van der Waals surface area (Å²) in [6, 6.07) is 18.5. The van der Waals surface area contributed by atoms with Crippen molar-refractivity contribution in [1.29, 1.82) is 0 Å². The van der Waals surface area contributed by atoms with Gasteiger partial charge in [0.25, 0.3) is 0 Å². The maximum Gasteiger partial charge on any atom is 0.131 e. The van der Waals surface area contributed by atoms with Crippen LogP contribution in [0.1, 0.15) is 38.8 Å². The molecule has 2 nitrogen and oxygen atoms in total. The van der Waals surface area contributed by atoms with Crippen molar-refractivity contribution >= 4 is 0 Å². The SMILES string of the molecule is CC(C)(O)C(C)(C)Oc1ccc(Cc2ccccc2)cc1. The van der Waals surface area contributed by atoms with Gasteiger partial charge in [0.1, 0.15) is 11.4 Å². The first-order chi connectivity index (χ1) is 9.78. The highest BCUT2D eigenvalue weighted by molar-refractivity contribution is 5.32. The van der Waals surface area contributed by atoms with Crippen LogP contribution in [0.15, 0.2) is 54.6 Å². The van der Waals surface area contributed by atoms with E-state index in [1.54, 1.807) is 13.8 Å². The molecule has 2 aromatic carbocycles. The lowest BCUT2D eigenvalue weighted by atomic mass is 9.89. The minimum Gasteiger partial charge on any atom is -0.485 e. The van der Waals surface area contributed by atoms with E-state index in [-0.39, 0.29) is 0 Å². The molecule has 0 atom stereocenters. The Morgan fingerprint density at radius 1 is 0.810 bits per heavy atom. The van der Waals surface area contributed by atoms with Crippen LogP contribution in [0.5, 0.6) is 5.75 Å². The van der Waals surface area contributed by atoms with E-state index in [1.165, 1.54) is 11.1 Å². The monoisotopic (exact) mass is 284 g/mol. The molecule has 0 saturated carbocycles. The highest BCUT2D eigenvalue weighted by Crippen LogP contribution is 2.28. The third-order valence-electron chi connectivity index (χ3n) is 4.02. The van der Waals surface area contributed by atoms with E-state index < -0.39 is 11.2 Å². The number of hydrogen-bond acceptors (Lipinski definition) is 2. The fourth-order valence-corrected chi connectivity index (χ4v) is 1.93. The second-order valence-corrected chi connectivity index (χ2v) is 6.48. The molecule has 0 aliphatic carbocycles. The van der Waals surface area contributed by atoms with Crippen molar-refractivity contribution < 1.29 is 9.84 Å². The molecule has 21 heavy (non-hydrogen) atoms. The average molecular weight is 284 g/mol. The zero-order valence-electron chi connectivity index (χ0n) is 13.3. The van der Waals surface area contributed by atoms with Gasteiger partial charge in [-0.15, -0.1) is 0 Å². The highest BCUT2D eigenvalue weighted by Gasteiger charge is 2.37. The summed E-state index contributed by atoms with van der Waals surface area (Å²) in [6.07, 6.45) is 0.913. The van der Waals surface area contributed by atoms with Gasteiger partial charge in [0.05, 0.1) is 5.60 Å². The van der Waals surface area contributed by atoms with Crippen molar-refractivity contribution in [2.45, 2.75) is 45.3 Å². The first-order valence-corrected chi connectivity index (χ1v) is 7.32. The molecule has 0 aromatic heterocycles. The number of rotatable bonds is 5. The minimum atomic E-state index is -0.907. The summed E-state index contributed by atoms with van der Waals surface area (Å²) in [5, 5.41) is 10.1. The van der Waals surface area contributed by atoms with Crippen molar-refractivity contribution in [3.8, 4) is 5.75 Å². The fraction of sp³-hybridized carbons (Fsp3) is 0.368. The molecule has 0 spiro atoms. The lowest BCUT2D eigenvalue weighted by Gasteiger charge is -2.37. The Hall–Kier alpha value is -1.80. The van der Waals surface area contributed by atoms with Gasteiger partial charge >= 0.3 is 0 Å². The van der Waals surface area contributed by atoms with Gasteiger partial charge in [-0.3, -0.25) is 0 Å². The zero-order valence-corrected chi connectivity index (χ0v) is 13.3. The predicted molar refractivity (Wildman–Crippen MR) is 86.7 cm³/mol. The van der Waals surface area contributed by atoms with E-state index in [9.17, 15) is 5.11 Å². The first kappa shape index (κ1) is 15.6. The molecule has 1 N–H and O–H groups in total. The van der Waals surface area contributed by atoms with Crippen molar-refractivity contribution in [1.82, 2.24) is 0 Å². The third-order valence-corrected chi connectivity index (χ3v) is 4.02. The van der Waals surface area contributed by atoms with Crippen LogP contribution in [0, 0.1) is 0 Å². The fourth-order valence-electron chi connectivity index (χ4n) is 1.93. The van der Waals surface area contributed by atoms with E-state index >= 15 is 0 Å². The van der Waals surface area contributed by atoms with E-state index in [0.717, 1.165) is 12.2 Å². The summed E-state index contributed by atoms with van der Waals surface area (Å²) in [5.74, 6) is 0.777. The van der Waals surface area contributed by atoms with Crippen molar-refractivity contribution in [2.24, 2.45) is 0 Å². The predicted octanol–water partition coefficient (Wildman–Crippen LogP) is 4.21. The van der Waals surface area contributed by atoms with Crippen molar-refractivity contribution in [2.75, 3.05) is 0 Å². The number of ether oxygens (including phenoxy) is 1. The lowest BCUT2D eigenvalue weighted by Crippen LogP contribution is -2.49. The summed E-state index contributed by atoms with van der Waals surface area (Å²) in [7, 11) is 0. The van der Waals surface area contributed by atoms with Crippen molar-refractivity contribution in [3.05, 3.63) is 65.7 Å². The molecule has 0 radical (unpaired) electrons. The maximum atomic E-state index is 10.1. The molecule has 112 valence electrons. The molecule has 2 heteroatoms. The smallest absolute Gasteiger partial charge is 0.131 e. The van der Waals surface area contributed by atoms with Gasteiger partial charge in [-0.2, -0.15) is 0 Å². The number of aliphatic hydroxyl groups is 1. The first-order valence-electron chi connectivity index (χ1n) is 7.32. The summed E-state index contributed by atoms with van der Waals surface area (Å²) in [6.45, 7) is 7.31. The van der Waals surface area contributed by atoms with E-state index in [2.05, 4.69) is 36.4 Å². The third kappa shape index (κ3) is 4.08. The minimum absolute atomic E-state index is 0.645. The largest absolute Gasteiger partial charge is 0.485 e. The van der Waals surface area contributed by atoms with Gasteiger partial charge in [0.15, 0.2) is 0 Å². The van der Waals surface area contributed by atoms with Crippen LogP contribution in [0.3, 0.4) is 0 Å². The number of hydrogen-bond donors (Lipinski definition) is 1. The van der Waals surface area contributed by atoms with Gasteiger partial charge in [0, 0.05) is 0 Å². The Kier molecular flexibility index (Phi) is 4.38. The second-order valence-electron chi connectivity index (χ2n) is 6.48. The molecule has 0 saturated heterocycles. The summed E-state index contributed by atoms with van der Waals surface area (Å²) in [4.78, 5) is 0. The Balaban J connectivity index is 2.06. The standard InChI is InChI=1S/C19H24O2/c1-18(2,20)19(3,4)21-17-12-10-16(11-13-17)14-15-8-6-5-7-9-15/h5-13,20H,14H2,1-4H3. The normalized spacial score (nSPS) is 12.2. The molecular formula is C19H24O2. The maximum absolute atomic E-state index is 10.1. The second kappa shape index (κ2) is 5.90. The number of benzene rings is 2. The topological polar surface area (TPSA) is 29.5 Å². The van der Waals surface area contributed by atoms with E-state index in [1.807, 2.05) is 32.0 Å². The van der Waals surface area contributed by atoms with Gasteiger partial charge in [0.2, 0.25) is 0 Å². The van der Waals surface area contributed by atoms with Crippen LogP contribution in [0.25, 0.3) is 0 Å². The molecule has 0 bridgehead atoms. The summed E-state index contributed by atoms with van der Waals surface area (Å²) in [5.41, 5.74) is 0.988. The van der Waals surface area contributed by atoms with Gasteiger partial charge in [-0.05, 0) is 57.4 Å². The van der Waals surface area contributed by atoms with E-state index in [0.29, 0.717) is 0 Å². The van der Waals surface area contributed by atoms with Gasteiger partial charge < -0.3 is 9.84 Å². The molecule has 0 amide bonds. The summed E-state index contributed by atoms with van der Waals surface area (Å²) < 4.78 is 5.92. The summed E-state index contributed by atoms with van der Waals surface area (Å²) >= 11 is 0. The van der Waals surface area contributed by atoms with Gasteiger partial charge in [-0.25, -0.2) is 0 Å². The highest BCUT2D eigenvalue weighted by atomic mass is 16.5. The van der Waals surface area contributed by atoms with Crippen LogP contribution in [-0.4, -0.2) is 16.3 Å². The quantitative estimate of drug-likeness (QED) is 0.891. The Morgan fingerprint density at radius 3 is 1.86 bits per heavy atom. The molecule has 0 heterocycles. The molecule has 0 unspecified atom stereocenters. The van der Waals surface area contributed by atoms with Crippen LogP contribution in [0.2, 0.25) is 0 Å². The van der Waals surface area contributed by atoms with Crippen molar-refractivity contribution in [3.63, 3.8) is 0 Å². The van der Waals surface area contributed by atoms with Crippen LogP contribution >= 0.6 is 0 Å².